The molecular weight excluding hydrogens is 170 g/mol. The van der Waals surface area contributed by atoms with Crippen molar-refractivity contribution in [1.82, 2.24) is 4.98 Å². The molecule has 0 aliphatic rings. The summed E-state index contributed by atoms with van der Waals surface area (Å²) in [5, 5.41) is 0. The zero-order valence-electron chi connectivity index (χ0n) is 7.16. The molecule has 1 rings (SSSR count). The number of pyridine rings is 1. The van der Waals surface area contributed by atoms with Crippen molar-refractivity contribution >= 4 is 12.6 Å². The van der Waals surface area contributed by atoms with Crippen molar-refractivity contribution in [1.29, 1.82) is 0 Å². The maximum Gasteiger partial charge on any atom is 0.140 e. The Labute approximate surface area is 78.4 Å². The summed E-state index contributed by atoms with van der Waals surface area (Å²) in [6, 6.07) is 3.81. The first-order valence-electron chi connectivity index (χ1n) is 3.97. The highest BCUT2D eigenvalue weighted by Crippen LogP contribution is 2.15. The molecule has 0 atom stereocenters. The van der Waals surface area contributed by atoms with Crippen molar-refractivity contribution in [3.8, 4) is 5.75 Å². The standard InChI is InChI=1S/C9H13NOS/c1-11-9-5-2-6-10-8(9)4-3-7-12/h2,5-6,12H,3-4,7H2,1H3. The second kappa shape index (κ2) is 5.04. The van der Waals surface area contributed by atoms with Crippen molar-refractivity contribution in [3.63, 3.8) is 0 Å². The Hall–Kier alpha value is -0.700. The SMILES string of the molecule is COc1cccnc1CCCS. The number of aryl methyl sites for hydroxylation is 1. The monoisotopic (exact) mass is 183 g/mol. The average Bonchev–Trinajstić information content (AvgIpc) is 2.15. The Kier molecular flexibility index (Phi) is 3.94. The molecular formula is C9H13NOS. The van der Waals surface area contributed by atoms with Crippen LogP contribution in [0.15, 0.2) is 18.3 Å². The fraction of sp³-hybridized carbons (Fsp3) is 0.444. The van der Waals surface area contributed by atoms with Gasteiger partial charge in [-0.05, 0) is 30.7 Å². The summed E-state index contributed by atoms with van der Waals surface area (Å²) >= 11 is 4.15. The molecule has 0 bridgehead atoms. The summed E-state index contributed by atoms with van der Waals surface area (Å²) in [6.45, 7) is 0. The minimum Gasteiger partial charge on any atom is -0.495 e. The van der Waals surface area contributed by atoms with Gasteiger partial charge in [-0.3, -0.25) is 4.98 Å². The van der Waals surface area contributed by atoms with Gasteiger partial charge in [0.05, 0.1) is 12.8 Å². The molecule has 0 spiro atoms. The lowest BCUT2D eigenvalue weighted by Gasteiger charge is -2.04. The fourth-order valence-electron chi connectivity index (χ4n) is 1.04. The summed E-state index contributed by atoms with van der Waals surface area (Å²) in [6.07, 6.45) is 3.76. The van der Waals surface area contributed by atoms with E-state index in [0.717, 1.165) is 30.0 Å². The van der Waals surface area contributed by atoms with E-state index in [0.29, 0.717) is 0 Å². The van der Waals surface area contributed by atoms with Crippen LogP contribution in [0.4, 0.5) is 0 Å². The third-order valence-corrected chi connectivity index (χ3v) is 1.96. The van der Waals surface area contributed by atoms with Gasteiger partial charge in [0.2, 0.25) is 0 Å². The van der Waals surface area contributed by atoms with Crippen LogP contribution in [-0.4, -0.2) is 17.8 Å². The molecule has 0 amide bonds. The van der Waals surface area contributed by atoms with Gasteiger partial charge in [0.1, 0.15) is 5.75 Å². The lowest BCUT2D eigenvalue weighted by molar-refractivity contribution is 0.406. The van der Waals surface area contributed by atoms with Crippen molar-refractivity contribution in [2.24, 2.45) is 0 Å². The van der Waals surface area contributed by atoms with Crippen LogP contribution in [0, 0.1) is 0 Å². The van der Waals surface area contributed by atoms with Gasteiger partial charge >= 0.3 is 0 Å². The van der Waals surface area contributed by atoms with E-state index in [1.54, 1.807) is 13.3 Å². The maximum absolute atomic E-state index is 5.15. The lowest BCUT2D eigenvalue weighted by atomic mass is 10.2. The smallest absolute Gasteiger partial charge is 0.140 e. The van der Waals surface area contributed by atoms with Crippen LogP contribution in [0.3, 0.4) is 0 Å². The number of rotatable bonds is 4. The number of methoxy groups -OCH3 is 1. The average molecular weight is 183 g/mol. The number of aromatic nitrogens is 1. The third kappa shape index (κ3) is 2.41. The molecule has 12 heavy (non-hydrogen) atoms. The molecule has 2 nitrogen and oxygen atoms in total. The van der Waals surface area contributed by atoms with Crippen LogP contribution >= 0.6 is 12.6 Å². The van der Waals surface area contributed by atoms with E-state index in [9.17, 15) is 0 Å². The van der Waals surface area contributed by atoms with Crippen molar-refractivity contribution in [3.05, 3.63) is 24.0 Å². The molecule has 0 unspecified atom stereocenters. The van der Waals surface area contributed by atoms with Gasteiger partial charge in [0.25, 0.3) is 0 Å². The second-order valence-corrected chi connectivity index (χ2v) is 2.93. The van der Waals surface area contributed by atoms with Crippen LogP contribution in [0.25, 0.3) is 0 Å². The van der Waals surface area contributed by atoms with Crippen LogP contribution in [-0.2, 0) is 6.42 Å². The van der Waals surface area contributed by atoms with E-state index in [1.165, 1.54) is 0 Å². The summed E-state index contributed by atoms with van der Waals surface area (Å²) in [5.41, 5.74) is 1.02. The molecule has 1 heterocycles. The minimum atomic E-state index is 0.874. The Morgan fingerprint density at radius 1 is 1.58 bits per heavy atom. The molecule has 1 aromatic rings. The Bertz CT molecular complexity index is 240. The van der Waals surface area contributed by atoms with Gasteiger partial charge < -0.3 is 4.74 Å². The Morgan fingerprint density at radius 2 is 2.42 bits per heavy atom. The molecule has 0 saturated heterocycles. The van der Waals surface area contributed by atoms with Crippen molar-refractivity contribution in [2.75, 3.05) is 12.9 Å². The molecule has 0 fully saturated rings. The summed E-state index contributed by atoms with van der Waals surface area (Å²) in [7, 11) is 1.67. The van der Waals surface area contributed by atoms with Crippen LogP contribution in [0.1, 0.15) is 12.1 Å². The van der Waals surface area contributed by atoms with Gasteiger partial charge in [-0.25, -0.2) is 0 Å². The van der Waals surface area contributed by atoms with Gasteiger partial charge in [0.15, 0.2) is 0 Å². The van der Waals surface area contributed by atoms with E-state index in [2.05, 4.69) is 17.6 Å². The van der Waals surface area contributed by atoms with E-state index in [-0.39, 0.29) is 0 Å². The van der Waals surface area contributed by atoms with Crippen molar-refractivity contribution in [2.45, 2.75) is 12.8 Å². The van der Waals surface area contributed by atoms with Gasteiger partial charge in [-0.15, -0.1) is 0 Å². The van der Waals surface area contributed by atoms with Gasteiger partial charge in [0, 0.05) is 6.20 Å². The Morgan fingerprint density at radius 3 is 3.08 bits per heavy atom. The first-order chi connectivity index (χ1) is 5.88. The second-order valence-electron chi connectivity index (χ2n) is 2.48. The van der Waals surface area contributed by atoms with E-state index in [1.807, 2.05) is 12.1 Å². The predicted molar refractivity (Wildman–Crippen MR) is 53.0 cm³/mol. The minimum absolute atomic E-state index is 0.874. The fourth-order valence-corrected chi connectivity index (χ4v) is 1.20. The molecule has 66 valence electrons. The highest BCUT2D eigenvalue weighted by atomic mass is 32.1. The number of hydrogen-bond donors (Lipinski definition) is 1. The highest BCUT2D eigenvalue weighted by molar-refractivity contribution is 7.80. The largest absolute Gasteiger partial charge is 0.495 e. The van der Waals surface area contributed by atoms with Crippen LogP contribution in [0.2, 0.25) is 0 Å². The van der Waals surface area contributed by atoms with Crippen molar-refractivity contribution < 1.29 is 4.74 Å². The van der Waals surface area contributed by atoms with Crippen LogP contribution < -0.4 is 4.74 Å². The first-order valence-corrected chi connectivity index (χ1v) is 4.60. The van der Waals surface area contributed by atoms with Crippen LogP contribution in [0.5, 0.6) is 5.75 Å². The molecule has 1 aromatic heterocycles. The van der Waals surface area contributed by atoms with E-state index in [4.69, 9.17) is 4.74 Å². The molecule has 0 N–H and O–H groups in total. The third-order valence-electron chi connectivity index (χ3n) is 1.64. The number of ether oxygens (including phenoxy) is 1. The topological polar surface area (TPSA) is 22.1 Å². The molecule has 0 aromatic carbocycles. The first kappa shape index (κ1) is 9.39. The Balaban J connectivity index is 2.68. The molecule has 0 saturated carbocycles. The zero-order chi connectivity index (χ0) is 8.81. The zero-order valence-corrected chi connectivity index (χ0v) is 8.05. The molecule has 0 aliphatic carbocycles. The van der Waals surface area contributed by atoms with E-state index < -0.39 is 0 Å². The van der Waals surface area contributed by atoms with E-state index >= 15 is 0 Å². The quantitative estimate of drug-likeness (QED) is 0.721. The van der Waals surface area contributed by atoms with Gasteiger partial charge in [-0.1, -0.05) is 0 Å². The summed E-state index contributed by atoms with van der Waals surface area (Å²) in [4.78, 5) is 4.23. The lowest BCUT2D eigenvalue weighted by Crippen LogP contribution is -1.95. The summed E-state index contributed by atoms with van der Waals surface area (Å²) < 4.78 is 5.15. The molecule has 3 heteroatoms. The maximum atomic E-state index is 5.15. The van der Waals surface area contributed by atoms with Gasteiger partial charge in [-0.2, -0.15) is 12.6 Å². The predicted octanol–water partition coefficient (Wildman–Crippen LogP) is 1.95. The molecule has 0 aliphatic heterocycles. The normalized spacial score (nSPS) is 9.83. The number of hydrogen-bond acceptors (Lipinski definition) is 3. The number of nitrogens with zero attached hydrogens (tertiary/aromatic N) is 1. The summed E-state index contributed by atoms with van der Waals surface area (Å²) in [5.74, 6) is 1.76. The number of thiol groups is 1. The highest BCUT2D eigenvalue weighted by Gasteiger charge is 2.01. The molecule has 0 radical (unpaired) electrons.